The molecule has 0 aliphatic rings. The molecule has 11 heteroatoms. The smallest absolute Gasteiger partial charge is 0.269 e. The van der Waals surface area contributed by atoms with Gasteiger partial charge in [-0.05, 0) is 64.6 Å². The number of nitrogens with zero attached hydrogens (tertiary/aromatic N) is 2. The number of benzene rings is 3. The van der Waals surface area contributed by atoms with Crippen LogP contribution in [-0.4, -0.2) is 30.8 Å². The lowest BCUT2D eigenvalue weighted by molar-refractivity contribution is -0.384. The van der Waals surface area contributed by atoms with Gasteiger partial charge in [-0.1, -0.05) is 17.3 Å². The summed E-state index contributed by atoms with van der Waals surface area (Å²) in [6, 6.07) is 14.9. The number of non-ortho nitro benzene ring substituents is 1. The topological polar surface area (TPSA) is 112 Å². The average molecular weight is 579 g/mol. The highest BCUT2D eigenvalue weighted by atomic mass is 127. The number of oxime groups is 1. The van der Waals surface area contributed by atoms with E-state index in [0.717, 1.165) is 0 Å². The lowest BCUT2D eigenvalue weighted by Gasteiger charge is -2.13. The van der Waals surface area contributed by atoms with Crippen molar-refractivity contribution in [2.24, 2.45) is 5.16 Å². The number of amides is 1. The molecule has 0 saturated heterocycles. The van der Waals surface area contributed by atoms with Gasteiger partial charge in [0.15, 0.2) is 18.1 Å². The summed E-state index contributed by atoms with van der Waals surface area (Å²) < 4.78 is 24.7. The number of carbonyl (C=O) groups excluding carboxylic acids is 1. The molecule has 0 bridgehead atoms. The molecule has 0 fully saturated rings. The summed E-state index contributed by atoms with van der Waals surface area (Å²) in [4.78, 5) is 27.8. The van der Waals surface area contributed by atoms with Crippen molar-refractivity contribution in [1.29, 1.82) is 0 Å². The van der Waals surface area contributed by atoms with Crippen LogP contribution >= 0.6 is 22.6 Å². The van der Waals surface area contributed by atoms with Gasteiger partial charge >= 0.3 is 0 Å². The molecule has 3 aromatic carbocycles. The normalized spacial score (nSPS) is 10.7. The molecule has 0 aliphatic heterocycles. The Morgan fingerprint density at radius 2 is 1.97 bits per heavy atom. The number of methoxy groups -OCH3 is 1. The fourth-order valence-electron chi connectivity index (χ4n) is 2.79. The van der Waals surface area contributed by atoms with Crippen molar-refractivity contribution in [1.82, 2.24) is 0 Å². The van der Waals surface area contributed by atoms with Crippen LogP contribution in [0.1, 0.15) is 11.1 Å². The number of hydrogen-bond donors (Lipinski definition) is 1. The number of ether oxygens (including phenoxy) is 2. The van der Waals surface area contributed by atoms with E-state index >= 15 is 0 Å². The number of halogens is 2. The Hall–Kier alpha value is -3.74. The fraction of sp³-hybridized carbons (Fsp3) is 0.130. The van der Waals surface area contributed by atoms with Crippen LogP contribution in [0.2, 0.25) is 0 Å². The molecule has 0 spiro atoms. The van der Waals surface area contributed by atoms with Crippen molar-refractivity contribution in [2.45, 2.75) is 6.61 Å². The Labute approximate surface area is 207 Å². The largest absolute Gasteiger partial charge is 0.493 e. The second-order valence-electron chi connectivity index (χ2n) is 6.81. The zero-order valence-corrected chi connectivity index (χ0v) is 20.0. The zero-order valence-electron chi connectivity index (χ0n) is 17.9. The van der Waals surface area contributed by atoms with E-state index in [4.69, 9.17) is 14.3 Å². The van der Waals surface area contributed by atoms with Crippen molar-refractivity contribution in [3.05, 3.63) is 91.3 Å². The summed E-state index contributed by atoms with van der Waals surface area (Å²) in [7, 11) is 1.47. The maximum absolute atomic E-state index is 13.0. The Balaban J connectivity index is 1.59. The molecule has 1 amide bonds. The Bertz CT molecular complexity index is 1200. The van der Waals surface area contributed by atoms with Crippen molar-refractivity contribution in [2.75, 3.05) is 19.0 Å². The van der Waals surface area contributed by atoms with Gasteiger partial charge < -0.3 is 19.6 Å². The Kier molecular flexibility index (Phi) is 8.73. The number of nitrogens with one attached hydrogen (secondary N) is 1. The lowest BCUT2D eigenvalue weighted by atomic mass is 10.2. The minimum atomic E-state index is -0.475. The van der Waals surface area contributed by atoms with Crippen molar-refractivity contribution < 1.29 is 28.4 Å². The molecule has 9 nitrogen and oxygen atoms in total. The number of anilines is 1. The van der Waals surface area contributed by atoms with E-state index in [0.29, 0.717) is 31.9 Å². The van der Waals surface area contributed by atoms with Crippen LogP contribution in [0.15, 0.2) is 65.8 Å². The molecule has 0 unspecified atom stereocenters. The highest BCUT2D eigenvalue weighted by Crippen LogP contribution is 2.33. The molecule has 0 heterocycles. The monoisotopic (exact) mass is 579 g/mol. The summed E-state index contributed by atoms with van der Waals surface area (Å²) in [6.45, 7) is -0.208. The predicted molar refractivity (Wildman–Crippen MR) is 132 cm³/mol. The molecule has 3 aromatic rings. The van der Waals surface area contributed by atoms with E-state index in [1.54, 1.807) is 24.3 Å². The van der Waals surface area contributed by atoms with Gasteiger partial charge in [0.25, 0.3) is 11.6 Å². The highest BCUT2D eigenvalue weighted by molar-refractivity contribution is 14.1. The Morgan fingerprint density at radius 1 is 1.21 bits per heavy atom. The Morgan fingerprint density at radius 3 is 2.68 bits per heavy atom. The number of carbonyl (C=O) groups is 1. The zero-order chi connectivity index (χ0) is 24.5. The van der Waals surface area contributed by atoms with Gasteiger partial charge in [0, 0.05) is 23.4 Å². The number of rotatable bonds is 10. The van der Waals surface area contributed by atoms with E-state index in [-0.39, 0.29) is 18.9 Å². The SMILES string of the molecule is COc1cc(/C=N\OCc2cccc([N+](=O)[O-])c2)cc(I)c1OCC(=O)Nc1ccc(F)cc1. The van der Waals surface area contributed by atoms with E-state index in [1.165, 1.54) is 49.7 Å². The van der Waals surface area contributed by atoms with Crippen molar-refractivity contribution in [3.63, 3.8) is 0 Å². The van der Waals surface area contributed by atoms with Gasteiger partial charge in [-0.15, -0.1) is 0 Å². The molecule has 34 heavy (non-hydrogen) atoms. The summed E-state index contributed by atoms with van der Waals surface area (Å²) >= 11 is 2.04. The molecule has 176 valence electrons. The van der Waals surface area contributed by atoms with E-state index in [2.05, 4.69) is 10.5 Å². The summed E-state index contributed by atoms with van der Waals surface area (Å²) in [5.74, 6) is -0.0371. The third kappa shape index (κ3) is 7.13. The first kappa shape index (κ1) is 24.9. The summed E-state index contributed by atoms with van der Waals surface area (Å²) in [5.41, 5.74) is 1.70. The van der Waals surface area contributed by atoms with E-state index in [1.807, 2.05) is 22.6 Å². The van der Waals surface area contributed by atoms with Crippen LogP contribution in [0.4, 0.5) is 15.8 Å². The lowest BCUT2D eigenvalue weighted by Crippen LogP contribution is -2.20. The van der Waals surface area contributed by atoms with Crippen LogP contribution in [0.3, 0.4) is 0 Å². The summed E-state index contributed by atoms with van der Waals surface area (Å²) in [6.07, 6.45) is 1.47. The van der Waals surface area contributed by atoms with Crippen LogP contribution in [0.5, 0.6) is 11.5 Å². The second-order valence-corrected chi connectivity index (χ2v) is 7.98. The van der Waals surface area contributed by atoms with Gasteiger partial charge in [0.05, 0.1) is 21.8 Å². The van der Waals surface area contributed by atoms with Gasteiger partial charge in [-0.3, -0.25) is 14.9 Å². The summed E-state index contributed by atoms with van der Waals surface area (Å²) in [5, 5.41) is 17.4. The van der Waals surface area contributed by atoms with E-state index < -0.39 is 16.6 Å². The first-order chi connectivity index (χ1) is 16.4. The minimum absolute atomic E-state index is 0.0219. The molecule has 1 N–H and O–H groups in total. The van der Waals surface area contributed by atoms with Crippen LogP contribution in [0.25, 0.3) is 0 Å². The first-order valence-electron chi connectivity index (χ1n) is 9.80. The molecular weight excluding hydrogens is 560 g/mol. The number of hydrogen-bond acceptors (Lipinski definition) is 7. The first-order valence-corrected chi connectivity index (χ1v) is 10.9. The molecule has 3 rings (SSSR count). The minimum Gasteiger partial charge on any atom is -0.493 e. The maximum atomic E-state index is 13.0. The highest BCUT2D eigenvalue weighted by Gasteiger charge is 2.13. The van der Waals surface area contributed by atoms with Crippen molar-refractivity contribution in [3.8, 4) is 11.5 Å². The van der Waals surface area contributed by atoms with Crippen LogP contribution in [0, 0.1) is 19.5 Å². The van der Waals surface area contributed by atoms with E-state index in [9.17, 15) is 19.3 Å². The van der Waals surface area contributed by atoms with Gasteiger partial charge in [-0.2, -0.15) is 0 Å². The van der Waals surface area contributed by atoms with Crippen LogP contribution < -0.4 is 14.8 Å². The third-order valence-electron chi connectivity index (χ3n) is 4.36. The molecule has 0 aliphatic carbocycles. The van der Waals surface area contributed by atoms with Gasteiger partial charge in [0.2, 0.25) is 0 Å². The molecule has 0 aromatic heterocycles. The van der Waals surface area contributed by atoms with Crippen LogP contribution in [-0.2, 0) is 16.2 Å². The van der Waals surface area contributed by atoms with Crippen molar-refractivity contribution >= 4 is 46.1 Å². The third-order valence-corrected chi connectivity index (χ3v) is 5.16. The molecular formula is C23H19FIN3O6. The number of nitro benzene ring substituents is 1. The number of nitro groups is 1. The fourth-order valence-corrected chi connectivity index (χ4v) is 3.57. The maximum Gasteiger partial charge on any atom is 0.269 e. The van der Waals surface area contributed by atoms with Gasteiger partial charge in [-0.25, -0.2) is 4.39 Å². The molecule has 0 atom stereocenters. The molecule has 0 saturated carbocycles. The second kappa shape index (κ2) is 11.9. The van der Waals surface area contributed by atoms with Gasteiger partial charge in [0.1, 0.15) is 12.4 Å². The predicted octanol–water partition coefficient (Wildman–Crippen LogP) is 4.92. The standard InChI is InChI=1S/C23H19FIN3O6/c1-32-21-11-16(12-26-34-13-15-3-2-4-19(9-15)28(30)31)10-20(25)23(21)33-14-22(29)27-18-7-5-17(24)6-8-18/h2-12H,13-14H2,1H3,(H,27,29)/b26-12-. The quantitative estimate of drug-likeness (QED) is 0.158. The molecule has 0 radical (unpaired) electrons. The average Bonchev–Trinajstić information content (AvgIpc) is 2.82.